The molecule has 0 spiro atoms. The van der Waals surface area contributed by atoms with Crippen LogP contribution in [0.25, 0.3) is 5.82 Å². The Hall–Kier alpha value is -1.88. The summed E-state index contributed by atoms with van der Waals surface area (Å²) < 4.78 is 1.50. The molecule has 0 atom stereocenters. The fraction of sp³-hybridized carbons (Fsp3) is 0. The lowest BCUT2D eigenvalue weighted by atomic mass is 10.2. The first-order valence-corrected chi connectivity index (χ1v) is 4.44. The zero-order valence-corrected chi connectivity index (χ0v) is 8.22. The van der Waals surface area contributed by atoms with Gasteiger partial charge >= 0.3 is 5.97 Å². The SMILES string of the molecule is O=C(O)c1ccc(Cl)nc1-n1ccnc1. The molecule has 0 saturated heterocycles. The van der Waals surface area contributed by atoms with E-state index < -0.39 is 5.97 Å². The van der Waals surface area contributed by atoms with E-state index in [2.05, 4.69) is 9.97 Å². The van der Waals surface area contributed by atoms with E-state index in [0.29, 0.717) is 0 Å². The van der Waals surface area contributed by atoms with Gasteiger partial charge in [-0.2, -0.15) is 0 Å². The number of rotatable bonds is 2. The molecule has 0 aliphatic carbocycles. The van der Waals surface area contributed by atoms with Crippen molar-refractivity contribution in [1.82, 2.24) is 14.5 Å². The highest BCUT2D eigenvalue weighted by Crippen LogP contribution is 2.15. The van der Waals surface area contributed by atoms with E-state index in [1.807, 2.05) is 0 Å². The van der Waals surface area contributed by atoms with Gasteiger partial charge in [0.05, 0.1) is 0 Å². The standard InChI is InChI=1S/C9H6ClN3O2/c10-7-2-1-6(9(14)15)8(12-7)13-4-3-11-5-13/h1-5H,(H,14,15). The Kier molecular flexibility index (Phi) is 2.39. The lowest BCUT2D eigenvalue weighted by Gasteiger charge is -2.05. The first kappa shape index (κ1) is 9.67. The summed E-state index contributed by atoms with van der Waals surface area (Å²) in [5, 5.41) is 9.18. The van der Waals surface area contributed by atoms with Crippen molar-refractivity contribution in [3.05, 3.63) is 41.6 Å². The molecule has 0 aromatic carbocycles. The Morgan fingerprint density at radius 2 is 2.27 bits per heavy atom. The molecule has 2 aromatic rings. The van der Waals surface area contributed by atoms with Crippen LogP contribution in [-0.2, 0) is 0 Å². The highest BCUT2D eigenvalue weighted by molar-refractivity contribution is 6.29. The molecule has 0 fully saturated rings. The lowest BCUT2D eigenvalue weighted by molar-refractivity contribution is 0.0696. The maximum Gasteiger partial charge on any atom is 0.339 e. The molecule has 0 aliphatic heterocycles. The van der Waals surface area contributed by atoms with Gasteiger partial charge in [0.1, 0.15) is 17.0 Å². The summed E-state index contributed by atoms with van der Waals surface area (Å²) in [6.45, 7) is 0. The van der Waals surface area contributed by atoms with E-state index in [1.54, 1.807) is 6.20 Å². The molecule has 5 nitrogen and oxygen atoms in total. The fourth-order valence-corrected chi connectivity index (χ4v) is 1.32. The van der Waals surface area contributed by atoms with Gasteiger partial charge < -0.3 is 5.11 Å². The molecule has 2 heterocycles. The van der Waals surface area contributed by atoms with Gasteiger partial charge in [-0.15, -0.1) is 0 Å². The van der Waals surface area contributed by atoms with Crippen LogP contribution in [0.3, 0.4) is 0 Å². The average Bonchev–Trinajstić information content (AvgIpc) is 2.69. The zero-order chi connectivity index (χ0) is 10.8. The van der Waals surface area contributed by atoms with Crippen molar-refractivity contribution in [3.63, 3.8) is 0 Å². The van der Waals surface area contributed by atoms with Crippen LogP contribution in [0.5, 0.6) is 0 Å². The number of nitrogens with zero attached hydrogens (tertiary/aromatic N) is 3. The highest BCUT2D eigenvalue weighted by atomic mass is 35.5. The van der Waals surface area contributed by atoms with E-state index in [4.69, 9.17) is 16.7 Å². The monoisotopic (exact) mass is 223 g/mol. The number of hydrogen-bond donors (Lipinski definition) is 1. The van der Waals surface area contributed by atoms with Crippen molar-refractivity contribution in [2.75, 3.05) is 0 Å². The summed E-state index contributed by atoms with van der Waals surface area (Å²) in [5.41, 5.74) is 0.0809. The third-order valence-corrected chi connectivity index (χ3v) is 2.03. The average molecular weight is 224 g/mol. The van der Waals surface area contributed by atoms with E-state index in [0.717, 1.165) is 0 Å². The number of carbonyl (C=O) groups is 1. The first-order chi connectivity index (χ1) is 7.18. The second-order valence-electron chi connectivity index (χ2n) is 2.78. The predicted molar refractivity (Wildman–Crippen MR) is 53.3 cm³/mol. The number of hydrogen-bond acceptors (Lipinski definition) is 3. The van der Waals surface area contributed by atoms with Crippen molar-refractivity contribution < 1.29 is 9.90 Å². The number of halogens is 1. The van der Waals surface area contributed by atoms with Crippen molar-refractivity contribution in [1.29, 1.82) is 0 Å². The third kappa shape index (κ3) is 1.82. The Morgan fingerprint density at radius 3 is 2.87 bits per heavy atom. The Bertz CT molecular complexity index is 496. The lowest BCUT2D eigenvalue weighted by Crippen LogP contribution is -2.06. The van der Waals surface area contributed by atoms with Crippen LogP contribution in [-0.4, -0.2) is 25.6 Å². The van der Waals surface area contributed by atoms with E-state index in [-0.39, 0.29) is 16.5 Å². The van der Waals surface area contributed by atoms with E-state index in [9.17, 15) is 4.79 Å². The topological polar surface area (TPSA) is 68.0 Å². The quantitative estimate of drug-likeness (QED) is 0.786. The van der Waals surface area contributed by atoms with Crippen LogP contribution in [0.2, 0.25) is 5.15 Å². The van der Waals surface area contributed by atoms with Gasteiger partial charge in [-0.05, 0) is 12.1 Å². The molecule has 1 N–H and O–H groups in total. The van der Waals surface area contributed by atoms with Gasteiger partial charge in [-0.25, -0.2) is 14.8 Å². The maximum atomic E-state index is 10.9. The van der Waals surface area contributed by atoms with Crippen molar-refractivity contribution >= 4 is 17.6 Å². The van der Waals surface area contributed by atoms with Gasteiger partial charge in [-0.1, -0.05) is 11.6 Å². The summed E-state index contributed by atoms with van der Waals surface area (Å²) in [6.07, 6.45) is 4.60. The summed E-state index contributed by atoms with van der Waals surface area (Å²) in [4.78, 5) is 18.7. The summed E-state index contributed by atoms with van der Waals surface area (Å²) in [7, 11) is 0. The number of carboxylic acid groups (broad SMARTS) is 1. The van der Waals surface area contributed by atoms with Crippen molar-refractivity contribution in [2.45, 2.75) is 0 Å². The van der Waals surface area contributed by atoms with Gasteiger partial charge in [0, 0.05) is 12.4 Å². The summed E-state index contributed by atoms with van der Waals surface area (Å²) in [5.74, 6) is -0.796. The number of aromatic nitrogens is 3. The predicted octanol–water partition coefficient (Wildman–Crippen LogP) is 1.62. The van der Waals surface area contributed by atoms with Crippen LogP contribution < -0.4 is 0 Å². The molecule has 2 rings (SSSR count). The van der Waals surface area contributed by atoms with Crippen LogP contribution in [0.15, 0.2) is 30.9 Å². The largest absolute Gasteiger partial charge is 0.478 e. The maximum absolute atomic E-state index is 10.9. The van der Waals surface area contributed by atoms with Crippen LogP contribution in [0, 0.1) is 0 Å². The normalized spacial score (nSPS) is 10.2. The van der Waals surface area contributed by atoms with E-state index >= 15 is 0 Å². The van der Waals surface area contributed by atoms with Crippen LogP contribution in [0.4, 0.5) is 0 Å². The first-order valence-electron chi connectivity index (χ1n) is 4.06. The van der Waals surface area contributed by atoms with E-state index in [1.165, 1.54) is 29.2 Å². The number of aromatic carboxylic acids is 1. The Morgan fingerprint density at radius 1 is 1.47 bits per heavy atom. The smallest absolute Gasteiger partial charge is 0.339 e. The van der Waals surface area contributed by atoms with Crippen LogP contribution >= 0.6 is 11.6 Å². The Balaban J connectivity index is 2.63. The molecule has 2 aromatic heterocycles. The zero-order valence-electron chi connectivity index (χ0n) is 7.46. The molecule has 0 saturated carbocycles. The minimum atomic E-state index is -1.05. The van der Waals surface area contributed by atoms with Crippen molar-refractivity contribution in [3.8, 4) is 5.82 Å². The van der Waals surface area contributed by atoms with Gasteiger partial charge in [-0.3, -0.25) is 4.57 Å². The van der Waals surface area contributed by atoms with Gasteiger partial charge in [0.2, 0.25) is 0 Å². The number of carboxylic acids is 1. The minimum Gasteiger partial charge on any atom is -0.478 e. The van der Waals surface area contributed by atoms with Gasteiger partial charge in [0.15, 0.2) is 5.82 Å². The Labute approximate surface area is 90.0 Å². The van der Waals surface area contributed by atoms with Gasteiger partial charge in [0.25, 0.3) is 0 Å². The minimum absolute atomic E-state index is 0.0809. The molecule has 0 bridgehead atoms. The molecule has 0 aliphatic rings. The third-order valence-electron chi connectivity index (χ3n) is 1.82. The second-order valence-corrected chi connectivity index (χ2v) is 3.17. The molecule has 76 valence electrons. The summed E-state index contributed by atoms with van der Waals surface area (Å²) in [6, 6.07) is 2.85. The number of pyridine rings is 1. The molecule has 0 unspecified atom stereocenters. The molecular weight excluding hydrogens is 218 g/mol. The molecule has 0 amide bonds. The molecule has 0 radical (unpaired) electrons. The molecular formula is C9H6ClN3O2. The highest BCUT2D eigenvalue weighted by Gasteiger charge is 2.13. The summed E-state index contributed by atoms with van der Waals surface area (Å²) >= 11 is 5.70. The molecule has 15 heavy (non-hydrogen) atoms. The van der Waals surface area contributed by atoms with Crippen molar-refractivity contribution in [2.24, 2.45) is 0 Å². The molecule has 6 heteroatoms. The number of imidazole rings is 1. The fourth-order valence-electron chi connectivity index (χ4n) is 1.17. The second kappa shape index (κ2) is 3.70. The van der Waals surface area contributed by atoms with Crippen LogP contribution in [0.1, 0.15) is 10.4 Å².